The minimum absolute atomic E-state index is 0.398. The molecule has 1 unspecified atom stereocenters. The molecule has 5 rings (SSSR count). The molecular formula is C21H18F3N5O2. The smallest absolute Gasteiger partial charge is 0.434 e. The van der Waals surface area contributed by atoms with Crippen molar-refractivity contribution in [1.82, 2.24) is 25.3 Å². The van der Waals surface area contributed by atoms with Crippen molar-refractivity contribution in [3.8, 4) is 11.5 Å². The number of amides is 1. The van der Waals surface area contributed by atoms with E-state index >= 15 is 0 Å². The number of carbonyl (C=O) groups is 1. The molecule has 3 heterocycles. The van der Waals surface area contributed by atoms with Gasteiger partial charge in [0.25, 0.3) is 5.91 Å². The fourth-order valence-corrected chi connectivity index (χ4v) is 3.71. The molecular weight excluding hydrogens is 411 g/mol. The predicted molar refractivity (Wildman–Crippen MR) is 102 cm³/mol. The molecule has 1 amide bonds. The van der Waals surface area contributed by atoms with Crippen LogP contribution < -0.4 is 5.32 Å². The zero-order valence-corrected chi connectivity index (χ0v) is 16.3. The Morgan fingerprint density at radius 1 is 1.16 bits per heavy atom. The molecule has 1 saturated carbocycles. The number of hydrogen-bond donors (Lipinski definition) is 1. The summed E-state index contributed by atoms with van der Waals surface area (Å²) in [5, 5.41) is 2.72. The first kappa shape index (κ1) is 19.7. The van der Waals surface area contributed by atoms with Crippen molar-refractivity contribution in [3.63, 3.8) is 0 Å². The van der Waals surface area contributed by atoms with Gasteiger partial charge < -0.3 is 9.73 Å². The molecule has 10 heteroatoms. The highest BCUT2D eigenvalue weighted by Crippen LogP contribution is 2.40. The highest BCUT2D eigenvalue weighted by atomic mass is 19.4. The molecule has 0 aliphatic heterocycles. The van der Waals surface area contributed by atoms with Crippen LogP contribution in [0.1, 0.15) is 71.0 Å². The molecule has 0 aromatic carbocycles. The molecule has 3 aromatic heterocycles. The number of alkyl halides is 3. The van der Waals surface area contributed by atoms with Crippen LogP contribution >= 0.6 is 0 Å². The van der Waals surface area contributed by atoms with Crippen molar-refractivity contribution in [2.24, 2.45) is 0 Å². The third kappa shape index (κ3) is 4.01. The van der Waals surface area contributed by atoms with Gasteiger partial charge in [0.05, 0.1) is 24.1 Å². The lowest BCUT2D eigenvalue weighted by Crippen LogP contribution is -2.31. The first-order chi connectivity index (χ1) is 14.9. The van der Waals surface area contributed by atoms with Gasteiger partial charge in [0.15, 0.2) is 5.69 Å². The second-order valence-corrected chi connectivity index (χ2v) is 7.78. The number of aromatic nitrogens is 4. The Bertz CT molecular complexity index is 1140. The highest BCUT2D eigenvalue weighted by molar-refractivity contribution is 5.92. The maximum atomic E-state index is 12.9. The van der Waals surface area contributed by atoms with Crippen LogP contribution in [0.5, 0.6) is 0 Å². The van der Waals surface area contributed by atoms with Crippen LogP contribution in [0.15, 0.2) is 35.1 Å². The third-order valence-corrected chi connectivity index (χ3v) is 5.44. The van der Waals surface area contributed by atoms with Crippen molar-refractivity contribution in [2.75, 3.05) is 0 Å². The third-order valence-electron chi connectivity index (χ3n) is 5.44. The average molecular weight is 429 g/mol. The summed E-state index contributed by atoms with van der Waals surface area (Å²) in [6.07, 6.45) is 2.97. The normalized spacial score (nSPS) is 18.5. The summed E-state index contributed by atoms with van der Waals surface area (Å²) >= 11 is 0. The first-order valence-corrected chi connectivity index (χ1v) is 10.0. The number of rotatable bonds is 4. The monoisotopic (exact) mass is 429 g/mol. The Kier molecular flexibility index (Phi) is 4.71. The van der Waals surface area contributed by atoms with Gasteiger partial charge in [-0.2, -0.15) is 13.2 Å². The Morgan fingerprint density at radius 3 is 2.77 bits per heavy atom. The zero-order valence-electron chi connectivity index (χ0n) is 16.3. The fraction of sp³-hybridized carbons (Fsp3) is 0.381. The van der Waals surface area contributed by atoms with Crippen LogP contribution in [0, 0.1) is 0 Å². The van der Waals surface area contributed by atoms with Gasteiger partial charge in [-0.15, -0.1) is 0 Å². The molecule has 31 heavy (non-hydrogen) atoms. The molecule has 0 radical (unpaired) electrons. The minimum Gasteiger partial charge on any atom is -0.439 e. The molecule has 0 spiro atoms. The number of carbonyl (C=O) groups excluding carboxylic acids is 1. The van der Waals surface area contributed by atoms with E-state index in [4.69, 9.17) is 4.42 Å². The average Bonchev–Trinajstić information content (AvgIpc) is 3.52. The Morgan fingerprint density at radius 2 is 2.00 bits per heavy atom. The second kappa shape index (κ2) is 7.44. The van der Waals surface area contributed by atoms with Crippen molar-refractivity contribution >= 4 is 5.91 Å². The van der Waals surface area contributed by atoms with E-state index in [9.17, 15) is 18.0 Å². The summed E-state index contributed by atoms with van der Waals surface area (Å²) in [6, 6.07) is 3.30. The van der Waals surface area contributed by atoms with Crippen LogP contribution in [0.4, 0.5) is 13.2 Å². The molecule has 7 nitrogen and oxygen atoms in total. The molecule has 2 aliphatic carbocycles. The van der Waals surface area contributed by atoms with Gasteiger partial charge in [-0.05, 0) is 44.2 Å². The Hall–Kier alpha value is -3.30. The summed E-state index contributed by atoms with van der Waals surface area (Å²) in [5.41, 5.74) is 0.966. The van der Waals surface area contributed by atoms with E-state index in [1.54, 1.807) is 6.20 Å². The number of oxazole rings is 1. The van der Waals surface area contributed by atoms with Gasteiger partial charge in [0, 0.05) is 23.4 Å². The summed E-state index contributed by atoms with van der Waals surface area (Å²) in [6.45, 7) is 0. The number of aryl methyl sites for hydroxylation is 1. The summed E-state index contributed by atoms with van der Waals surface area (Å²) < 4.78 is 44.6. The molecule has 160 valence electrons. The number of halogens is 3. The van der Waals surface area contributed by atoms with Crippen molar-refractivity contribution in [3.05, 3.63) is 59.3 Å². The van der Waals surface area contributed by atoms with Crippen molar-refractivity contribution < 1.29 is 22.4 Å². The lowest BCUT2D eigenvalue weighted by atomic mass is 9.97. The van der Waals surface area contributed by atoms with Gasteiger partial charge in [-0.25, -0.2) is 9.97 Å². The van der Waals surface area contributed by atoms with Gasteiger partial charge in [-0.1, -0.05) is 0 Å². The molecule has 1 N–H and O–H groups in total. The first-order valence-electron chi connectivity index (χ1n) is 10.0. The largest absolute Gasteiger partial charge is 0.439 e. The zero-order chi connectivity index (χ0) is 21.6. The molecule has 0 saturated heterocycles. The van der Waals surface area contributed by atoms with E-state index in [0.29, 0.717) is 36.6 Å². The van der Waals surface area contributed by atoms with E-state index in [-0.39, 0.29) is 0 Å². The van der Waals surface area contributed by atoms with E-state index in [1.165, 1.54) is 0 Å². The SMILES string of the molecule is O=C(NC1CCCc2nc(-c3ccnc(C4CC4)c3)oc21)c1cncc(C(F)(F)F)n1. The Balaban J connectivity index is 1.38. The summed E-state index contributed by atoms with van der Waals surface area (Å²) in [4.78, 5) is 28.4. The molecule has 2 aliphatic rings. The summed E-state index contributed by atoms with van der Waals surface area (Å²) in [5.74, 6) is 0.730. The van der Waals surface area contributed by atoms with Crippen molar-refractivity contribution in [2.45, 2.75) is 50.2 Å². The van der Waals surface area contributed by atoms with Gasteiger partial charge >= 0.3 is 6.18 Å². The topological polar surface area (TPSA) is 93.8 Å². The summed E-state index contributed by atoms with van der Waals surface area (Å²) in [7, 11) is 0. The van der Waals surface area contributed by atoms with E-state index in [0.717, 1.165) is 42.4 Å². The number of nitrogens with one attached hydrogen (secondary N) is 1. The number of hydrogen-bond acceptors (Lipinski definition) is 6. The second-order valence-electron chi connectivity index (χ2n) is 7.78. The molecule has 0 bridgehead atoms. The van der Waals surface area contributed by atoms with Crippen LogP contribution in [0.25, 0.3) is 11.5 Å². The number of nitrogens with zero attached hydrogens (tertiary/aromatic N) is 4. The maximum Gasteiger partial charge on any atom is 0.434 e. The lowest BCUT2D eigenvalue weighted by molar-refractivity contribution is -0.141. The standard InChI is InChI=1S/C21H18F3N5O2/c22-21(23,24)17-10-25-9-16(27-17)19(30)28-13-2-1-3-14-18(13)31-20(29-14)12-6-7-26-15(8-12)11-4-5-11/h6-11,13H,1-5H2,(H,28,30). The quantitative estimate of drug-likeness (QED) is 0.667. The van der Waals surface area contributed by atoms with E-state index in [2.05, 4.69) is 25.3 Å². The van der Waals surface area contributed by atoms with Crippen LogP contribution in [0.3, 0.4) is 0 Å². The number of fused-ring (bicyclic) bond motifs is 1. The van der Waals surface area contributed by atoms with Crippen LogP contribution in [0.2, 0.25) is 0 Å². The van der Waals surface area contributed by atoms with Crippen molar-refractivity contribution in [1.29, 1.82) is 0 Å². The maximum absolute atomic E-state index is 12.9. The molecule has 1 fully saturated rings. The van der Waals surface area contributed by atoms with Crippen LogP contribution in [-0.2, 0) is 12.6 Å². The van der Waals surface area contributed by atoms with Crippen LogP contribution in [-0.4, -0.2) is 25.8 Å². The predicted octanol–water partition coefficient (Wildman–Crippen LogP) is 4.23. The fourth-order valence-electron chi connectivity index (χ4n) is 3.71. The minimum atomic E-state index is -4.68. The molecule has 3 aromatic rings. The Labute approximate surface area is 175 Å². The lowest BCUT2D eigenvalue weighted by Gasteiger charge is -2.21. The van der Waals surface area contributed by atoms with E-state index < -0.39 is 29.5 Å². The number of pyridine rings is 1. The van der Waals surface area contributed by atoms with Gasteiger partial charge in [0.2, 0.25) is 5.89 Å². The van der Waals surface area contributed by atoms with Gasteiger partial charge in [0.1, 0.15) is 11.5 Å². The van der Waals surface area contributed by atoms with E-state index in [1.807, 2.05) is 12.1 Å². The highest BCUT2D eigenvalue weighted by Gasteiger charge is 2.34. The van der Waals surface area contributed by atoms with Gasteiger partial charge in [-0.3, -0.25) is 14.8 Å². The molecule has 1 atom stereocenters.